The molecule has 2 unspecified atom stereocenters. The SMILES string of the molecule is CCCC1(C(=O)O)CCN(C(=O)C2(C)CCCO2)C1. The van der Waals surface area contributed by atoms with E-state index in [-0.39, 0.29) is 5.91 Å². The molecule has 0 saturated carbocycles. The zero-order valence-electron chi connectivity index (χ0n) is 11.8. The Balaban J connectivity index is 2.08. The lowest BCUT2D eigenvalue weighted by Crippen LogP contribution is -2.47. The molecule has 1 N–H and O–H groups in total. The third kappa shape index (κ3) is 2.48. The van der Waals surface area contributed by atoms with E-state index in [0.29, 0.717) is 32.5 Å². The van der Waals surface area contributed by atoms with Crippen LogP contribution in [0.25, 0.3) is 0 Å². The van der Waals surface area contributed by atoms with E-state index in [1.807, 2.05) is 13.8 Å². The van der Waals surface area contributed by atoms with Gasteiger partial charge >= 0.3 is 5.97 Å². The van der Waals surface area contributed by atoms with Crippen molar-refractivity contribution in [3.63, 3.8) is 0 Å². The van der Waals surface area contributed by atoms with E-state index >= 15 is 0 Å². The number of carbonyl (C=O) groups excluding carboxylic acids is 1. The molecule has 0 aromatic rings. The van der Waals surface area contributed by atoms with E-state index in [1.54, 1.807) is 4.90 Å². The summed E-state index contributed by atoms with van der Waals surface area (Å²) in [5.74, 6) is -0.814. The highest BCUT2D eigenvalue weighted by atomic mass is 16.5. The van der Waals surface area contributed by atoms with Crippen molar-refractivity contribution in [2.24, 2.45) is 5.41 Å². The largest absolute Gasteiger partial charge is 0.481 e. The van der Waals surface area contributed by atoms with Crippen molar-refractivity contribution in [1.82, 2.24) is 4.90 Å². The van der Waals surface area contributed by atoms with Gasteiger partial charge in [0.25, 0.3) is 5.91 Å². The standard InChI is InChI=1S/C14H23NO4/c1-3-5-14(12(17)18)7-8-15(10-14)11(16)13(2)6-4-9-19-13/h3-10H2,1-2H3,(H,17,18). The molecule has 2 rings (SSSR count). The third-order valence-electron chi connectivity index (χ3n) is 4.49. The Kier molecular flexibility index (Phi) is 3.85. The number of rotatable bonds is 4. The van der Waals surface area contributed by atoms with Crippen molar-refractivity contribution < 1.29 is 19.4 Å². The minimum atomic E-state index is -0.776. The van der Waals surface area contributed by atoms with Gasteiger partial charge in [-0.25, -0.2) is 0 Å². The molecule has 0 aromatic carbocycles. The van der Waals surface area contributed by atoms with Crippen LogP contribution in [0.3, 0.4) is 0 Å². The molecular weight excluding hydrogens is 246 g/mol. The second-order valence-corrected chi connectivity index (χ2v) is 6.00. The number of hydrogen-bond acceptors (Lipinski definition) is 3. The Morgan fingerprint density at radius 3 is 2.63 bits per heavy atom. The fourth-order valence-electron chi connectivity index (χ4n) is 3.29. The number of carboxylic acids is 1. The van der Waals surface area contributed by atoms with E-state index < -0.39 is 17.0 Å². The molecule has 2 heterocycles. The van der Waals surface area contributed by atoms with Crippen LogP contribution in [0.5, 0.6) is 0 Å². The van der Waals surface area contributed by atoms with Gasteiger partial charge < -0.3 is 14.7 Å². The molecule has 0 aromatic heterocycles. The third-order valence-corrected chi connectivity index (χ3v) is 4.49. The topological polar surface area (TPSA) is 66.8 Å². The van der Waals surface area contributed by atoms with Crippen LogP contribution in [0.2, 0.25) is 0 Å². The van der Waals surface area contributed by atoms with Crippen molar-refractivity contribution in [1.29, 1.82) is 0 Å². The number of likely N-dealkylation sites (tertiary alicyclic amines) is 1. The first kappa shape index (κ1) is 14.3. The Morgan fingerprint density at radius 1 is 1.37 bits per heavy atom. The van der Waals surface area contributed by atoms with Crippen molar-refractivity contribution in [2.45, 2.75) is 51.6 Å². The smallest absolute Gasteiger partial charge is 0.311 e. The van der Waals surface area contributed by atoms with Crippen LogP contribution in [-0.4, -0.2) is 47.2 Å². The first-order valence-electron chi connectivity index (χ1n) is 7.10. The Morgan fingerprint density at radius 2 is 2.11 bits per heavy atom. The maximum Gasteiger partial charge on any atom is 0.311 e. The second-order valence-electron chi connectivity index (χ2n) is 6.00. The van der Waals surface area contributed by atoms with Gasteiger partial charge in [0.1, 0.15) is 5.60 Å². The van der Waals surface area contributed by atoms with Crippen LogP contribution in [0.15, 0.2) is 0 Å². The molecule has 2 saturated heterocycles. The number of carboxylic acid groups (broad SMARTS) is 1. The molecule has 0 bridgehead atoms. The van der Waals surface area contributed by atoms with Gasteiger partial charge in [0.2, 0.25) is 0 Å². The van der Waals surface area contributed by atoms with E-state index in [9.17, 15) is 14.7 Å². The summed E-state index contributed by atoms with van der Waals surface area (Å²) in [7, 11) is 0. The lowest BCUT2D eigenvalue weighted by Gasteiger charge is -2.30. The molecule has 5 nitrogen and oxygen atoms in total. The molecule has 5 heteroatoms. The molecular formula is C14H23NO4. The van der Waals surface area contributed by atoms with Gasteiger partial charge in [0.05, 0.1) is 5.41 Å². The van der Waals surface area contributed by atoms with Crippen LogP contribution >= 0.6 is 0 Å². The van der Waals surface area contributed by atoms with Crippen LogP contribution in [0.4, 0.5) is 0 Å². The maximum absolute atomic E-state index is 12.5. The maximum atomic E-state index is 12.5. The zero-order chi connectivity index (χ0) is 14.1. The Labute approximate surface area is 113 Å². The number of ether oxygens (including phenoxy) is 1. The van der Waals surface area contributed by atoms with Crippen LogP contribution in [0.1, 0.15) is 46.0 Å². The quantitative estimate of drug-likeness (QED) is 0.843. The first-order chi connectivity index (χ1) is 8.93. The van der Waals surface area contributed by atoms with E-state index in [1.165, 1.54) is 0 Å². The molecule has 1 amide bonds. The van der Waals surface area contributed by atoms with Crippen molar-refractivity contribution in [3.05, 3.63) is 0 Å². The predicted octanol–water partition coefficient (Wildman–Crippen LogP) is 1.66. The number of carbonyl (C=O) groups is 2. The fourth-order valence-corrected chi connectivity index (χ4v) is 3.29. The summed E-state index contributed by atoms with van der Waals surface area (Å²) in [6.07, 6.45) is 3.63. The summed E-state index contributed by atoms with van der Waals surface area (Å²) in [4.78, 5) is 25.7. The summed E-state index contributed by atoms with van der Waals surface area (Å²) in [6, 6.07) is 0. The molecule has 0 aliphatic carbocycles. The number of aliphatic carboxylic acids is 1. The van der Waals surface area contributed by atoms with Gasteiger partial charge in [0, 0.05) is 19.7 Å². The van der Waals surface area contributed by atoms with Gasteiger partial charge in [-0.05, 0) is 32.6 Å². The summed E-state index contributed by atoms with van der Waals surface area (Å²) in [6.45, 7) is 5.28. The van der Waals surface area contributed by atoms with E-state index in [2.05, 4.69) is 0 Å². The fraction of sp³-hybridized carbons (Fsp3) is 0.857. The van der Waals surface area contributed by atoms with Crippen LogP contribution in [0, 0.1) is 5.41 Å². The van der Waals surface area contributed by atoms with Gasteiger partial charge in [-0.2, -0.15) is 0 Å². The molecule has 2 aliphatic heterocycles. The summed E-state index contributed by atoms with van der Waals surface area (Å²) in [5.41, 5.74) is -1.49. The van der Waals surface area contributed by atoms with Gasteiger partial charge in [0.15, 0.2) is 0 Å². The highest BCUT2D eigenvalue weighted by Crippen LogP contribution is 2.38. The molecule has 2 aliphatic rings. The lowest BCUT2D eigenvalue weighted by molar-refractivity contribution is -0.153. The highest BCUT2D eigenvalue weighted by Gasteiger charge is 2.49. The monoisotopic (exact) mass is 269 g/mol. The van der Waals surface area contributed by atoms with Gasteiger partial charge in [-0.3, -0.25) is 9.59 Å². The van der Waals surface area contributed by atoms with Gasteiger partial charge in [-0.1, -0.05) is 13.3 Å². The molecule has 2 atom stereocenters. The van der Waals surface area contributed by atoms with Crippen LogP contribution < -0.4 is 0 Å². The first-order valence-corrected chi connectivity index (χ1v) is 7.10. The Bertz CT molecular complexity index is 376. The minimum Gasteiger partial charge on any atom is -0.481 e. The van der Waals surface area contributed by atoms with E-state index in [0.717, 1.165) is 19.3 Å². The van der Waals surface area contributed by atoms with Gasteiger partial charge in [-0.15, -0.1) is 0 Å². The van der Waals surface area contributed by atoms with Crippen molar-refractivity contribution in [2.75, 3.05) is 19.7 Å². The minimum absolute atomic E-state index is 0.0378. The normalized spacial score (nSPS) is 34.7. The summed E-state index contributed by atoms with van der Waals surface area (Å²) in [5, 5.41) is 9.45. The molecule has 0 radical (unpaired) electrons. The van der Waals surface area contributed by atoms with Crippen molar-refractivity contribution in [3.8, 4) is 0 Å². The second kappa shape index (κ2) is 5.12. The molecule has 2 fully saturated rings. The predicted molar refractivity (Wildman–Crippen MR) is 69.8 cm³/mol. The molecule has 108 valence electrons. The highest BCUT2D eigenvalue weighted by molar-refractivity contribution is 5.87. The van der Waals surface area contributed by atoms with E-state index in [4.69, 9.17) is 4.74 Å². The average molecular weight is 269 g/mol. The number of hydrogen-bond donors (Lipinski definition) is 1. The number of nitrogens with zero attached hydrogens (tertiary/aromatic N) is 1. The summed E-state index contributed by atoms with van der Waals surface area (Å²) < 4.78 is 5.56. The lowest BCUT2D eigenvalue weighted by atomic mass is 9.82. The molecule has 0 spiro atoms. The number of amides is 1. The summed E-state index contributed by atoms with van der Waals surface area (Å²) >= 11 is 0. The molecule has 19 heavy (non-hydrogen) atoms. The van der Waals surface area contributed by atoms with Crippen LogP contribution in [-0.2, 0) is 14.3 Å². The zero-order valence-corrected chi connectivity index (χ0v) is 11.8. The average Bonchev–Trinajstić information content (AvgIpc) is 2.97. The Hall–Kier alpha value is -1.10. The van der Waals surface area contributed by atoms with Crippen molar-refractivity contribution >= 4 is 11.9 Å².